The molecule has 1 atom stereocenters. The van der Waals surface area contributed by atoms with E-state index in [-0.39, 0.29) is 12.5 Å². The smallest absolute Gasteiger partial charge is 0.325 e. The fraction of sp³-hybridized carbons (Fsp3) is 0.355. The predicted molar refractivity (Wildman–Crippen MR) is 173 cm³/mol. The molecule has 0 saturated carbocycles. The zero-order chi connectivity index (χ0) is 32.1. The van der Waals surface area contributed by atoms with Gasteiger partial charge in [0, 0.05) is 29.4 Å². The molecule has 4 aromatic rings. The minimum absolute atomic E-state index is 0.276. The van der Waals surface area contributed by atoms with Crippen LogP contribution < -0.4 is 20.9 Å². The molecule has 236 valence electrons. The molecule has 0 bridgehead atoms. The van der Waals surface area contributed by atoms with Crippen LogP contribution in [0, 0.1) is 0 Å². The van der Waals surface area contributed by atoms with Crippen LogP contribution in [0.15, 0.2) is 54.9 Å². The number of hydrogen-bond donors (Lipinski definition) is 3. The summed E-state index contributed by atoms with van der Waals surface area (Å²) in [5.74, 6) is -0.0915. The van der Waals surface area contributed by atoms with Gasteiger partial charge in [-0.1, -0.05) is 42.3 Å². The summed E-state index contributed by atoms with van der Waals surface area (Å²) in [6.45, 7) is 4.77. The molecular formula is C31H34Cl2N8O4. The number of amides is 2. The number of piperidine rings is 1. The summed E-state index contributed by atoms with van der Waals surface area (Å²) >= 11 is 12.8. The standard InChI is InChI=1S/C31H34Cl2N8O4/c1-4-37-31(30(44)38-19(2)29(43)34-17-24(42)45-3)13-15-40(16-14-31)27-25-28(36-18-35-27)41(21-11-9-20(32)10-12-21)26(39-25)22-7-5-6-8-23(22)33/h5-12,18-19,37H,4,13-17H2,1-3H3,(H,34,43)(H,38,44). The van der Waals surface area contributed by atoms with Crippen LogP contribution in [0.4, 0.5) is 5.82 Å². The third-order valence-corrected chi connectivity index (χ3v) is 8.45. The number of esters is 1. The molecule has 45 heavy (non-hydrogen) atoms. The summed E-state index contributed by atoms with van der Waals surface area (Å²) in [6.07, 6.45) is 2.41. The largest absolute Gasteiger partial charge is 0.468 e. The number of halogens is 2. The molecule has 0 radical (unpaired) electrons. The molecule has 1 aliphatic rings. The number of methoxy groups -OCH3 is 1. The summed E-state index contributed by atoms with van der Waals surface area (Å²) < 4.78 is 6.49. The maximum Gasteiger partial charge on any atom is 0.325 e. The lowest BCUT2D eigenvalue weighted by atomic mass is 9.86. The summed E-state index contributed by atoms with van der Waals surface area (Å²) in [5.41, 5.74) is 1.85. The number of aromatic nitrogens is 4. The molecule has 1 aliphatic heterocycles. The van der Waals surface area contributed by atoms with Crippen molar-refractivity contribution in [3.05, 3.63) is 64.9 Å². The van der Waals surface area contributed by atoms with Crippen LogP contribution in [-0.4, -0.2) is 82.2 Å². The molecule has 2 amide bonds. The molecule has 0 spiro atoms. The number of likely N-dealkylation sites (N-methyl/N-ethyl adjacent to an activating group) is 1. The number of carbonyl (C=O) groups excluding carboxylic acids is 3. The van der Waals surface area contributed by atoms with Crippen LogP contribution in [0.25, 0.3) is 28.2 Å². The Bertz CT molecular complexity index is 1700. The molecule has 0 aliphatic carbocycles. The molecular weight excluding hydrogens is 619 g/mol. The van der Waals surface area contributed by atoms with Crippen molar-refractivity contribution >= 4 is 58.0 Å². The van der Waals surface area contributed by atoms with Crippen LogP contribution in [0.2, 0.25) is 10.0 Å². The summed E-state index contributed by atoms with van der Waals surface area (Å²) in [5, 5.41) is 9.79. The number of rotatable bonds is 10. The number of fused-ring (bicyclic) bond motifs is 1. The Labute approximate surface area is 270 Å². The monoisotopic (exact) mass is 652 g/mol. The molecule has 2 aromatic heterocycles. The number of carbonyl (C=O) groups is 3. The first kappa shape index (κ1) is 32.1. The highest BCUT2D eigenvalue weighted by Gasteiger charge is 2.42. The average molecular weight is 654 g/mol. The summed E-state index contributed by atoms with van der Waals surface area (Å²) in [7, 11) is 1.24. The summed E-state index contributed by atoms with van der Waals surface area (Å²) in [6, 6.07) is 14.0. The van der Waals surface area contributed by atoms with Gasteiger partial charge in [-0.3, -0.25) is 19.0 Å². The van der Waals surface area contributed by atoms with Crippen LogP contribution >= 0.6 is 23.2 Å². The molecule has 12 nitrogen and oxygen atoms in total. The van der Waals surface area contributed by atoms with Crippen molar-refractivity contribution < 1.29 is 19.1 Å². The summed E-state index contributed by atoms with van der Waals surface area (Å²) in [4.78, 5) is 53.8. The van der Waals surface area contributed by atoms with Gasteiger partial charge in [-0.25, -0.2) is 15.0 Å². The SMILES string of the molecule is CCNC1(C(=O)NC(C)C(=O)NCC(=O)OC)CCN(c2ncnc3c2nc(-c2ccccc2Cl)n3-c2ccc(Cl)cc2)CC1. The molecule has 5 rings (SSSR count). The number of ether oxygens (including phenoxy) is 1. The number of nitrogens with one attached hydrogen (secondary N) is 3. The Morgan fingerprint density at radius 2 is 1.76 bits per heavy atom. The van der Waals surface area contributed by atoms with E-state index in [9.17, 15) is 14.4 Å². The van der Waals surface area contributed by atoms with Gasteiger partial charge in [-0.15, -0.1) is 0 Å². The van der Waals surface area contributed by atoms with Gasteiger partial charge >= 0.3 is 5.97 Å². The van der Waals surface area contributed by atoms with E-state index in [2.05, 4.69) is 35.6 Å². The van der Waals surface area contributed by atoms with E-state index in [0.717, 1.165) is 11.3 Å². The Kier molecular flexibility index (Phi) is 9.86. The molecule has 1 unspecified atom stereocenters. The number of benzene rings is 2. The molecule has 1 saturated heterocycles. The lowest BCUT2D eigenvalue weighted by Gasteiger charge is -2.42. The van der Waals surface area contributed by atoms with Gasteiger partial charge < -0.3 is 25.6 Å². The minimum atomic E-state index is -0.903. The average Bonchev–Trinajstić information content (AvgIpc) is 3.44. The van der Waals surface area contributed by atoms with Crippen molar-refractivity contribution in [2.45, 2.75) is 38.3 Å². The van der Waals surface area contributed by atoms with Gasteiger partial charge in [0.25, 0.3) is 0 Å². The normalized spacial score (nSPS) is 15.0. The van der Waals surface area contributed by atoms with Gasteiger partial charge in [0.05, 0.1) is 12.1 Å². The lowest BCUT2D eigenvalue weighted by molar-refractivity contribution is -0.141. The van der Waals surface area contributed by atoms with Crippen molar-refractivity contribution in [1.29, 1.82) is 0 Å². The maximum absolute atomic E-state index is 13.6. The highest BCUT2D eigenvalue weighted by molar-refractivity contribution is 6.33. The second-order valence-electron chi connectivity index (χ2n) is 10.7. The van der Waals surface area contributed by atoms with E-state index in [1.807, 2.05) is 47.9 Å². The topological polar surface area (TPSA) is 143 Å². The third kappa shape index (κ3) is 6.73. The van der Waals surface area contributed by atoms with Gasteiger partial charge in [0.15, 0.2) is 17.0 Å². The first-order valence-corrected chi connectivity index (χ1v) is 15.3. The minimum Gasteiger partial charge on any atom is -0.468 e. The number of hydrogen-bond acceptors (Lipinski definition) is 9. The van der Waals surface area contributed by atoms with Crippen molar-refractivity contribution in [3.8, 4) is 17.1 Å². The fourth-order valence-corrected chi connectivity index (χ4v) is 5.82. The van der Waals surface area contributed by atoms with Crippen LogP contribution in [0.3, 0.4) is 0 Å². The molecule has 14 heteroatoms. The Morgan fingerprint density at radius 3 is 2.42 bits per heavy atom. The second-order valence-corrected chi connectivity index (χ2v) is 11.5. The third-order valence-electron chi connectivity index (χ3n) is 7.87. The van der Waals surface area contributed by atoms with Crippen molar-refractivity contribution in [2.24, 2.45) is 0 Å². The van der Waals surface area contributed by atoms with Gasteiger partial charge in [-0.05, 0) is 62.7 Å². The Balaban J connectivity index is 1.42. The highest BCUT2D eigenvalue weighted by Crippen LogP contribution is 2.36. The van der Waals surface area contributed by atoms with Gasteiger partial charge in [0.1, 0.15) is 30.3 Å². The zero-order valence-corrected chi connectivity index (χ0v) is 26.7. The predicted octanol–water partition coefficient (Wildman–Crippen LogP) is 3.53. The molecule has 1 fully saturated rings. The maximum atomic E-state index is 13.6. The van der Waals surface area contributed by atoms with E-state index in [1.165, 1.54) is 13.4 Å². The van der Waals surface area contributed by atoms with Crippen LogP contribution in [-0.2, 0) is 19.1 Å². The van der Waals surface area contributed by atoms with Crippen molar-refractivity contribution in [2.75, 3.05) is 38.2 Å². The Hall–Kier alpha value is -4.26. The van der Waals surface area contributed by atoms with E-state index in [4.69, 9.17) is 28.2 Å². The highest BCUT2D eigenvalue weighted by atomic mass is 35.5. The second kappa shape index (κ2) is 13.8. The van der Waals surface area contributed by atoms with Gasteiger partial charge in [-0.2, -0.15) is 0 Å². The van der Waals surface area contributed by atoms with E-state index in [0.29, 0.717) is 65.3 Å². The molecule has 3 N–H and O–H groups in total. The number of anilines is 1. The fourth-order valence-electron chi connectivity index (χ4n) is 5.48. The number of nitrogens with zero attached hydrogens (tertiary/aromatic N) is 5. The van der Waals surface area contributed by atoms with Crippen LogP contribution in [0.5, 0.6) is 0 Å². The van der Waals surface area contributed by atoms with E-state index in [1.54, 1.807) is 19.1 Å². The van der Waals surface area contributed by atoms with Crippen LogP contribution in [0.1, 0.15) is 26.7 Å². The first-order chi connectivity index (χ1) is 21.7. The lowest BCUT2D eigenvalue weighted by Crippen LogP contribution is -2.64. The Morgan fingerprint density at radius 1 is 1.04 bits per heavy atom. The first-order valence-electron chi connectivity index (χ1n) is 14.6. The van der Waals surface area contributed by atoms with Crippen molar-refractivity contribution in [1.82, 2.24) is 35.5 Å². The number of imidazole rings is 1. The zero-order valence-electron chi connectivity index (χ0n) is 25.1. The van der Waals surface area contributed by atoms with E-state index >= 15 is 0 Å². The quantitative estimate of drug-likeness (QED) is 0.219. The van der Waals surface area contributed by atoms with E-state index < -0.39 is 23.5 Å². The molecule has 2 aromatic carbocycles. The van der Waals surface area contributed by atoms with Gasteiger partial charge in [0.2, 0.25) is 11.8 Å². The van der Waals surface area contributed by atoms with Crippen molar-refractivity contribution in [3.63, 3.8) is 0 Å². The molecule has 3 heterocycles.